The average Bonchev–Trinajstić information content (AvgIpc) is 2.16. The molecule has 19 heavy (non-hydrogen) atoms. The highest BCUT2D eigenvalue weighted by molar-refractivity contribution is 9.10. The first-order valence-corrected chi connectivity index (χ1v) is 7.03. The van der Waals surface area contributed by atoms with Crippen LogP contribution in [0.5, 0.6) is 0 Å². The van der Waals surface area contributed by atoms with Crippen molar-refractivity contribution in [3.8, 4) is 0 Å². The molecule has 0 aliphatic rings. The predicted octanol–water partition coefficient (Wildman–Crippen LogP) is 3.37. The minimum atomic E-state index is -0.301. The van der Waals surface area contributed by atoms with Crippen LogP contribution in [0.3, 0.4) is 0 Å². The number of carbonyl (C=O) groups excluding carboxylic acids is 1. The Labute approximate surface area is 123 Å². The highest BCUT2D eigenvalue weighted by atomic mass is 79.9. The highest BCUT2D eigenvalue weighted by Gasteiger charge is 2.28. The van der Waals surface area contributed by atoms with E-state index in [9.17, 15) is 4.79 Å². The Morgan fingerprint density at radius 2 is 1.95 bits per heavy atom. The lowest BCUT2D eigenvalue weighted by atomic mass is 9.81. The lowest BCUT2D eigenvalue weighted by Gasteiger charge is -2.33. The van der Waals surface area contributed by atoms with Crippen LogP contribution in [0.4, 0.5) is 5.82 Å². The molecule has 106 valence electrons. The number of aromatic nitrogens is 1. The van der Waals surface area contributed by atoms with Crippen LogP contribution in [-0.4, -0.2) is 16.4 Å². The number of amides is 1. The van der Waals surface area contributed by atoms with Crippen LogP contribution in [0.1, 0.15) is 51.4 Å². The third kappa shape index (κ3) is 5.19. The number of rotatable bonds is 3. The van der Waals surface area contributed by atoms with Crippen molar-refractivity contribution in [1.29, 1.82) is 0 Å². The average molecular weight is 328 g/mol. The zero-order valence-corrected chi connectivity index (χ0v) is 13.8. The van der Waals surface area contributed by atoms with Gasteiger partial charge >= 0.3 is 0 Å². The molecule has 0 atom stereocenters. The maximum absolute atomic E-state index is 12.3. The second kappa shape index (κ2) is 5.49. The molecule has 3 N–H and O–H groups in total. The SMILES string of the molecule is CC(C)(C)CC(C)(C)NC(=O)c1cc(Br)cnc1N. The van der Waals surface area contributed by atoms with Gasteiger partial charge in [-0.05, 0) is 47.7 Å². The minimum absolute atomic E-state index is 0.137. The summed E-state index contributed by atoms with van der Waals surface area (Å²) in [6, 6.07) is 1.69. The van der Waals surface area contributed by atoms with Gasteiger partial charge in [-0.2, -0.15) is 0 Å². The van der Waals surface area contributed by atoms with Gasteiger partial charge in [-0.1, -0.05) is 20.8 Å². The largest absolute Gasteiger partial charge is 0.383 e. The number of nitrogens with zero attached hydrogens (tertiary/aromatic N) is 1. The molecule has 0 bridgehead atoms. The van der Waals surface area contributed by atoms with Crippen LogP contribution in [0, 0.1) is 5.41 Å². The van der Waals surface area contributed by atoms with Crippen molar-refractivity contribution in [1.82, 2.24) is 10.3 Å². The first kappa shape index (κ1) is 16.0. The fourth-order valence-corrected chi connectivity index (χ4v) is 2.71. The first-order valence-electron chi connectivity index (χ1n) is 6.24. The van der Waals surface area contributed by atoms with Gasteiger partial charge in [0.25, 0.3) is 5.91 Å². The van der Waals surface area contributed by atoms with E-state index >= 15 is 0 Å². The minimum Gasteiger partial charge on any atom is -0.383 e. The molecule has 0 fully saturated rings. The van der Waals surface area contributed by atoms with Crippen LogP contribution in [0.2, 0.25) is 0 Å². The van der Waals surface area contributed by atoms with Gasteiger partial charge in [-0.15, -0.1) is 0 Å². The molecule has 1 rings (SSSR count). The third-order valence-electron chi connectivity index (χ3n) is 2.55. The van der Waals surface area contributed by atoms with Crippen LogP contribution < -0.4 is 11.1 Å². The van der Waals surface area contributed by atoms with Crippen molar-refractivity contribution in [2.45, 2.75) is 46.6 Å². The van der Waals surface area contributed by atoms with Crippen LogP contribution >= 0.6 is 15.9 Å². The van der Waals surface area contributed by atoms with Crippen LogP contribution in [0.15, 0.2) is 16.7 Å². The van der Waals surface area contributed by atoms with Crippen molar-refractivity contribution in [2.75, 3.05) is 5.73 Å². The molecular formula is C14H22BrN3O. The maximum atomic E-state index is 12.3. The number of nitrogens with one attached hydrogen (secondary N) is 1. The summed E-state index contributed by atoms with van der Waals surface area (Å²) in [5.74, 6) is 0.0489. The molecule has 0 aliphatic carbocycles. The van der Waals surface area contributed by atoms with Gasteiger partial charge < -0.3 is 11.1 Å². The highest BCUT2D eigenvalue weighted by Crippen LogP contribution is 2.27. The summed E-state index contributed by atoms with van der Waals surface area (Å²) in [5.41, 5.74) is 5.98. The summed E-state index contributed by atoms with van der Waals surface area (Å²) in [7, 11) is 0. The number of halogens is 1. The smallest absolute Gasteiger partial charge is 0.255 e. The molecule has 0 saturated heterocycles. The number of nitrogens with two attached hydrogens (primary N) is 1. The summed E-state index contributed by atoms with van der Waals surface area (Å²) >= 11 is 3.30. The number of nitrogen functional groups attached to an aromatic ring is 1. The van der Waals surface area contributed by atoms with Gasteiger partial charge in [0, 0.05) is 16.2 Å². The quantitative estimate of drug-likeness (QED) is 0.894. The third-order valence-corrected chi connectivity index (χ3v) is 2.99. The van der Waals surface area contributed by atoms with E-state index in [1.165, 1.54) is 0 Å². The fraction of sp³-hybridized carbons (Fsp3) is 0.571. The monoisotopic (exact) mass is 327 g/mol. The topological polar surface area (TPSA) is 68.0 Å². The van der Waals surface area contributed by atoms with Gasteiger partial charge in [0.1, 0.15) is 5.82 Å². The van der Waals surface area contributed by atoms with Crippen LogP contribution in [0.25, 0.3) is 0 Å². The molecule has 1 aromatic heterocycles. The van der Waals surface area contributed by atoms with Gasteiger partial charge in [0.15, 0.2) is 0 Å². The Morgan fingerprint density at radius 1 is 1.37 bits per heavy atom. The van der Waals surface area contributed by atoms with E-state index in [-0.39, 0.29) is 22.7 Å². The summed E-state index contributed by atoms with van der Waals surface area (Å²) in [6.07, 6.45) is 2.44. The van der Waals surface area contributed by atoms with E-state index in [1.807, 2.05) is 13.8 Å². The predicted molar refractivity (Wildman–Crippen MR) is 82.0 cm³/mol. The standard InChI is InChI=1S/C14H22BrN3O/c1-13(2,3)8-14(4,5)18-12(19)10-6-9(15)7-17-11(10)16/h6-7H,8H2,1-5H3,(H2,16,17)(H,18,19). The second-order valence-electron chi connectivity index (χ2n) is 6.66. The molecular weight excluding hydrogens is 306 g/mol. The van der Waals surface area contributed by atoms with Crippen LogP contribution in [-0.2, 0) is 0 Å². The Morgan fingerprint density at radius 3 is 2.47 bits per heavy atom. The zero-order chi connectivity index (χ0) is 14.8. The molecule has 1 amide bonds. The lowest BCUT2D eigenvalue weighted by molar-refractivity contribution is 0.0892. The molecule has 0 spiro atoms. The van der Waals surface area contributed by atoms with Crippen molar-refractivity contribution >= 4 is 27.7 Å². The molecule has 1 aromatic rings. The van der Waals surface area contributed by atoms with E-state index in [1.54, 1.807) is 12.3 Å². The number of pyridine rings is 1. The summed E-state index contributed by atoms with van der Waals surface area (Å²) < 4.78 is 0.737. The van der Waals surface area contributed by atoms with Crippen molar-refractivity contribution in [3.63, 3.8) is 0 Å². The molecule has 0 aromatic carbocycles. The van der Waals surface area contributed by atoms with Gasteiger partial charge in [0.05, 0.1) is 5.56 Å². The molecule has 5 heteroatoms. The number of hydrogen-bond acceptors (Lipinski definition) is 3. The van der Waals surface area contributed by atoms with E-state index in [0.717, 1.165) is 10.9 Å². The Kier molecular flexibility index (Phi) is 4.61. The van der Waals surface area contributed by atoms with Crippen molar-refractivity contribution < 1.29 is 4.79 Å². The van der Waals surface area contributed by atoms with Gasteiger partial charge in [-0.3, -0.25) is 4.79 Å². The molecule has 4 nitrogen and oxygen atoms in total. The van der Waals surface area contributed by atoms with Gasteiger partial charge in [-0.25, -0.2) is 4.98 Å². The van der Waals surface area contributed by atoms with E-state index in [4.69, 9.17) is 5.73 Å². The number of carbonyl (C=O) groups is 1. The Hall–Kier alpha value is -1.10. The molecule has 0 aliphatic heterocycles. The summed E-state index contributed by atoms with van der Waals surface area (Å²) in [5, 5.41) is 3.02. The molecule has 1 heterocycles. The summed E-state index contributed by atoms with van der Waals surface area (Å²) in [4.78, 5) is 16.2. The van der Waals surface area contributed by atoms with Crippen molar-refractivity contribution in [3.05, 3.63) is 22.3 Å². The Bertz CT molecular complexity index is 478. The maximum Gasteiger partial charge on any atom is 0.255 e. The van der Waals surface area contributed by atoms with Crippen molar-refractivity contribution in [2.24, 2.45) is 5.41 Å². The molecule has 0 radical (unpaired) electrons. The van der Waals surface area contributed by atoms with E-state index in [2.05, 4.69) is 47.0 Å². The summed E-state index contributed by atoms with van der Waals surface area (Å²) in [6.45, 7) is 10.5. The van der Waals surface area contributed by atoms with Gasteiger partial charge in [0.2, 0.25) is 0 Å². The zero-order valence-electron chi connectivity index (χ0n) is 12.2. The van der Waals surface area contributed by atoms with E-state index in [0.29, 0.717) is 5.56 Å². The second-order valence-corrected chi connectivity index (χ2v) is 7.58. The normalized spacial score (nSPS) is 12.3. The number of anilines is 1. The molecule has 0 unspecified atom stereocenters. The first-order chi connectivity index (χ1) is 8.50. The van der Waals surface area contributed by atoms with E-state index < -0.39 is 0 Å². The molecule has 0 saturated carbocycles. The fourth-order valence-electron chi connectivity index (χ4n) is 2.38. The Balaban J connectivity index is 2.87. The lowest BCUT2D eigenvalue weighted by Crippen LogP contribution is -2.46. The number of hydrogen-bond donors (Lipinski definition) is 2.